The number of hydrogen-bond donors (Lipinski definition) is 2. The molecule has 160 valence electrons. The normalized spacial score (nSPS) is 17.7. The van der Waals surface area contributed by atoms with Crippen LogP contribution in [0.4, 0.5) is 10.5 Å². The van der Waals surface area contributed by atoms with Gasteiger partial charge in [0.25, 0.3) is 0 Å². The maximum Gasteiger partial charge on any atom is 0.338 e. The molecule has 0 bridgehead atoms. The van der Waals surface area contributed by atoms with Crippen LogP contribution < -0.4 is 15.4 Å². The van der Waals surface area contributed by atoms with Crippen LogP contribution in [0.5, 0.6) is 5.75 Å². The van der Waals surface area contributed by atoms with Crippen molar-refractivity contribution in [2.75, 3.05) is 25.1 Å². The number of halogens is 1. The van der Waals surface area contributed by atoms with Crippen LogP contribution in [0.15, 0.2) is 59.8 Å². The van der Waals surface area contributed by atoms with Gasteiger partial charge in [-0.25, -0.2) is 9.59 Å². The number of esters is 1. The van der Waals surface area contributed by atoms with Crippen LogP contribution in [-0.2, 0) is 14.3 Å². The number of nitrogens with zero attached hydrogens (tertiary/aromatic N) is 1. The molecule has 9 heteroatoms. The zero-order valence-electron chi connectivity index (χ0n) is 16.7. The monoisotopic (exact) mass is 441 g/mol. The third-order valence-corrected chi connectivity index (χ3v) is 5.22. The molecule has 8 nitrogen and oxygen atoms in total. The van der Waals surface area contributed by atoms with E-state index in [0.717, 1.165) is 0 Å². The first-order valence-corrected chi connectivity index (χ1v) is 10.1. The van der Waals surface area contributed by atoms with Crippen LogP contribution in [0.25, 0.3) is 0 Å². The smallest absolute Gasteiger partial charge is 0.338 e. The summed E-state index contributed by atoms with van der Waals surface area (Å²) in [6.45, 7) is 1.94. The Labute approximate surface area is 183 Å². The van der Waals surface area contributed by atoms with Gasteiger partial charge in [0.2, 0.25) is 5.91 Å². The molecule has 0 aromatic heterocycles. The average Bonchev–Trinajstić information content (AvgIpc) is 3.14. The molecule has 4 rings (SSSR count). The van der Waals surface area contributed by atoms with Gasteiger partial charge >= 0.3 is 12.0 Å². The van der Waals surface area contributed by atoms with E-state index in [1.54, 1.807) is 48.5 Å². The largest absolute Gasteiger partial charge is 0.492 e. The Bertz CT molecular complexity index is 1070. The van der Waals surface area contributed by atoms with Crippen molar-refractivity contribution in [2.24, 2.45) is 0 Å². The summed E-state index contributed by atoms with van der Waals surface area (Å²) in [6.07, 6.45) is 0. The van der Waals surface area contributed by atoms with Gasteiger partial charge in [0, 0.05) is 5.02 Å². The topological polar surface area (TPSA) is 97.0 Å². The van der Waals surface area contributed by atoms with E-state index in [9.17, 15) is 14.4 Å². The molecule has 3 amide bonds. The molecule has 0 unspecified atom stereocenters. The van der Waals surface area contributed by atoms with Gasteiger partial charge in [-0.1, -0.05) is 35.9 Å². The number of carbonyl (C=O) groups excluding carboxylic acids is 3. The molecule has 2 aliphatic rings. The molecule has 2 aliphatic heterocycles. The zero-order valence-corrected chi connectivity index (χ0v) is 17.4. The van der Waals surface area contributed by atoms with E-state index in [1.165, 1.54) is 4.90 Å². The third kappa shape index (κ3) is 4.20. The number of urea groups is 1. The minimum atomic E-state index is -0.673. The van der Waals surface area contributed by atoms with Gasteiger partial charge in [-0.05, 0) is 36.8 Å². The summed E-state index contributed by atoms with van der Waals surface area (Å²) in [6, 6.07) is 12.7. The Morgan fingerprint density at radius 2 is 1.97 bits per heavy atom. The van der Waals surface area contributed by atoms with Crippen molar-refractivity contribution in [3.8, 4) is 5.75 Å². The highest BCUT2D eigenvalue weighted by molar-refractivity contribution is 6.30. The van der Waals surface area contributed by atoms with E-state index in [2.05, 4.69) is 10.6 Å². The lowest BCUT2D eigenvalue weighted by molar-refractivity contribution is -0.136. The first-order valence-electron chi connectivity index (χ1n) is 9.73. The number of carbonyl (C=O) groups is 3. The molecule has 2 aromatic rings. The number of benzene rings is 2. The summed E-state index contributed by atoms with van der Waals surface area (Å²) >= 11 is 5.94. The molecule has 2 aromatic carbocycles. The lowest BCUT2D eigenvalue weighted by atomic mass is 9.96. The molecular formula is C22H20ClN3O5. The predicted octanol–water partition coefficient (Wildman–Crippen LogP) is 3.25. The fraction of sp³-hybridized carbons (Fsp3) is 0.227. The van der Waals surface area contributed by atoms with Crippen molar-refractivity contribution in [3.63, 3.8) is 0 Å². The van der Waals surface area contributed by atoms with E-state index in [4.69, 9.17) is 21.1 Å². The van der Waals surface area contributed by atoms with E-state index in [1.807, 2.05) is 6.92 Å². The molecule has 2 heterocycles. The zero-order chi connectivity index (χ0) is 22.0. The second kappa shape index (κ2) is 8.69. The lowest BCUT2D eigenvalue weighted by Crippen LogP contribution is -2.49. The van der Waals surface area contributed by atoms with Crippen molar-refractivity contribution in [1.82, 2.24) is 10.2 Å². The number of rotatable bonds is 6. The van der Waals surface area contributed by atoms with Gasteiger partial charge in [0.05, 0.1) is 29.6 Å². The minimum Gasteiger partial charge on any atom is -0.492 e. The van der Waals surface area contributed by atoms with Crippen molar-refractivity contribution in [3.05, 3.63) is 70.4 Å². The van der Waals surface area contributed by atoms with Crippen LogP contribution in [0.2, 0.25) is 5.02 Å². The standard InChI is InChI=1S/C22H20ClN3O5/c1-2-30-17-6-4-3-5-15(17)24-18(27)11-26-16-12-31-21(28)19(16)20(25-22(26)29)13-7-9-14(23)10-8-13/h3-10,20H,2,11-12H2,1H3,(H,24,27)(H,25,29)/t20-/m0/s1. The van der Waals surface area contributed by atoms with Crippen LogP contribution in [-0.4, -0.2) is 42.6 Å². The Balaban J connectivity index is 1.57. The quantitative estimate of drug-likeness (QED) is 0.671. The Morgan fingerprint density at radius 1 is 1.23 bits per heavy atom. The average molecular weight is 442 g/mol. The van der Waals surface area contributed by atoms with E-state index < -0.39 is 23.9 Å². The summed E-state index contributed by atoms with van der Waals surface area (Å²) in [5.74, 6) is -0.427. The fourth-order valence-electron chi connectivity index (χ4n) is 3.57. The number of para-hydroxylation sites is 2. The maximum atomic E-state index is 12.8. The number of ether oxygens (including phenoxy) is 2. The summed E-state index contributed by atoms with van der Waals surface area (Å²) in [5.41, 5.74) is 1.88. The second-order valence-corrected chi connectivity index (χ2v) is 7.37. The van der Waals surface area contributed by atoms with E-state index >= 15 is 0 Å². The first-order chi connectivity index (χ1) is 15.0. The predicted molar refractivity (Wildman–Crippen MR) is 114 cm³/mol. The SMILES string of the molecule is CCOc1ccccc1NC(=O)CN1C(=O)N[C@@H](c2ccc(Cl)cc2)C2=C1COC2=O. The molecular weight excluding hydrogens is 422 g/mol. The van der Waals surface area contributed by atoms with E-state index in [0.29, 0.717) is 39.9 Å². The molecule has 1 atom stereocenters. The molecule has 0 fully saturated rings. The summed E-state index contributed by atoms with van der Waals surface area (Å²) in [4.78, 5) is 39.2. The molecule has 0 saturated carbocycles. The molecule has 0 spiro atoms. The van der Waals surface area contributed by atoms with Gasteiger partial charge in [-0.2, -0.15) is 0 Å². The van der Waals surface area contributed by atoms with Crippen LogP contribution in [0.1, 0.15) is 18.5 Å². The number of hydrogen-bond acceptors (Lipinski definition) is 5. The minimum absolute atomic E-state index is 0.0749. The Morgan fingerprint density at radius 3 is 2.71 bits per heavy atom. The third-order valence-electron chi connectivity index (χ3n) is 4.96. The molecule has 31 heavy (non-hydrogen) atoms. The summed E-state index contributed by atoms with van der Waals surface area (Å²) < 4.78 is 10.7. The summed E-state index contributed by atoms with van der Waals surface area (Å²) in [5, 5.41) is 6.08. The number of amides is 3. The van der Waals surface area contributed by atoms with Crippen LogP contribution in [0, 0.1) is 0 Å². The number of anilines is 1. The Hall–Kier alpha value is -3.52. The second-order valence-electron chi connectivity index (χ2n) is 6.93. The molecule has 0 saturated heterocycles. The van der Waals surface area contributed by atoms with Gasteiger partial charge < -0.3 is 20.1 Å². The summed E-state index contributed by atoms with van der Waals surface area (Å²) in [7, 11) is 0. The lowest BCUT2D eigenvalue weighted by Gasteiger charge is -2.32. The van der Waals surface area contributed by atoms with Gasteiger partial charge in [0.15, 0.2) is 0 Å². The van der Waals surface area contributed by atoms with Gasteiger partial charge in [-0.3, -0.25) is 9.69 Å². The molecule has 0 radical (unpaired) electrons. The maximum absolute atomic E-state index is 12.8. The number of cyclic esters (lactones) is 1. The van der Waals surface area contributed by atoms with Crippen LogP contribution >= 0.6 is 11.6 Å². The molecule has 0 aliphatic carbocycles. The molecule has 2 N–H and O–H groups in total. The number of nitrogens with one attached hydrogen (secondary N) is 2. The highest BCUT2D eigenvalue weighted by Gasteiger charge is 2.42. The van der Waals surface area contributed by atoms with Crippen LogP contribution in [0.3, 0.4) is 0 Å². The Kier molecular flexibility index (Phi) is 5.81. The van der Waals surface area contributed by atoms with Gasteiger partial charge in [-0.15, -0.1) is 0 Å². The van der Waals surface area contributed by atoms with Crippen molar-refractivity contribution in [2.45, 2.75) is 13.0 Å². The van der Waals surface area contributed by atoms with E-state index in [-0.39, 0.29) is 13.2 Å². The fourth-order valence-corrected chi connectivity index (χ4v) is 3.69. The highest BCUT2D eigenvalue weighted by Crippen LogP contribution is 2.35. The highest BCUT2D eigenvalue weighted by atomic mass is 35.5. The van der Waals surface area contributed by atoms with Crippen molar-refractivity contribution >= 4 is 35.2 Å². The van der Waals surface area contributed by atoms with Crippen molar-refractivity contribution < 1.29 is 23.9 Å². The first kappa shape index (κ1) is 20.7. The van der Waals surface area contributed by atoms with Gasteiger partial charge in [0.1, 0.15) is 18.9 Å². The van der Waals surface area contributed by atoms with Crippen molar-refractivity contribution in [1.29, 1.82) is 0 Å².